The number of carbonyl (C=O) groups is 2. The number of fused-ring (bicyclic) bond motifs is 2. The Bertz CT molecular complexity index is 748. The Morgan fingerprint density at radius 2 is 1.73 bits per heavy atom. The molecular formula is C18H18N2O2. The summed E-state index contributed by atoms with van der Waals surface area (Å²) in [6.45, 7) is 0.479. The molecule has 0 spiro atoms. The first kappa shape index (κ1) is 13.3. The molecule has 2 heterocycles. The van der Waals surface area contributed by atoms with E-state index in [1.54, 1.807) is 0 Å². The molecule has 0 bridgehead atoms. The lowest BCUT2D eigenvalue weighted by Crippen LogP contribution is -2.33. The Morgan fingerprint density at radius 3 is 2.45 bits per heavy atom. The van der Waals surface area contributed by atoms with Crippen molar-refractivity contribution in [2.75, 3.05) is 6.54 Å². The number of aromatic amines is 1. The van der Waals surface area contributed by atoms with Gasteiger partial charge in [-0.05, 0) is 30.9 Å². The highest BCUT2D eigenvalue weighted by molar-refractivity contribution is 6.05. The Labute approximate surface area is 128 Å². The molecule has 2 aromatic rings. The number of hydrogen-bond acceptors (Lipinski definition) is 2. The van der Waals surface area contributed by atoms with E-state index in [1.165, 1.54) is 10.3 Å². The second-order valence-electron chi connectivity index (χ2n) is 6.09. The predicted molar refractivity (Wildman–Crippen MR) is 84.1 cm³/mol. The van der Waals surface area contributed by atoms with Crippen molar-refractivity contribution >= 4 is 22.7 Å². The van der Waals surface area contributed by atoms with E-state index in [0.717, 1.165) is 11.1 Å². The third-order valence-electron chi connectivity index (χ3n) is 4.88. The van der Waals surface area contributed by atoms with Gasteiger partial charge in [0.15, 0.2) is 0 Å². The normalized spacial score (nSPS) is 24.3. The van der Waals surface area contributed by atoms with Gasteiger partial charge in [0, 0.05) is 23.6 Å². The van der Waals surface area contributed by atoms with E-state index in [-0.39, 0.29) is 23.7 Å². The minimum atomic E-state index is -0.125. The molecule has 4 nitrogen and oxygen atoms in total. The van der Waals surface area contributed by atoms with Crippen LogP contribution in [0.3, 0.4) is 0 Å². The van der Waals surface area contributed by atoms with E-state index in [0.29, 0.717) is 25.8 Å². The van der Waals surface area contributed by atoms with Gasteiger partial charge in [0.1, 0.15) is 0 Å². The summed E-state index contributed by atoms with van der Waals surface area (Å²) in [5.41, 5.74) is 2.25. The first-order chi connectivity index (χ1) is 10.8. The Balaban J connectivity index is 1.52. The molecule has 4 heteroatoms. The molecule has 1 aromatic heterocycles. The molecule has 2 unspecified atom stereocenters. The molecule has 1 aromatic carbocycles. The molecule has 1 aliphatic carbocycles. The van der Waals surface area contributed by atoms with Gasteiger partial charge in [-0.25, -0.2) is 0 Å². The number of hydrogen-bond donors (Lipinski definition) is 1. The first-order valence-corrected chi connectivity index (χ1v) is 7.81. The molecular weight excluding hydrogens is 276 g/mol. The van der Waals surface area contributed by atoms with Gasteiger partial charge in [0.25, 0.3) is 0 Å². The number of amides is 2. The summed E-state index contributed by atoms with van der Waals surface area (Å²) in [6.07, 6.45) is 8.14. The van der Waals surface area contributed by atoms with Crippen LogP contribution >= 0.6 is 0 Å². The van der Waals surface area contributed by atoms with Crippen LogP contribution in [0.15, 0.2) is 42.6 Å². The standard InChI is InChI=1S/C18H18N2O2/c21-17-14-6-1-2-7-15(14)18(22)20(17)10-9-12-11-19-16-8-4-3-5-13(12)16/h1-5,8,11,14-15,19H,6-7,9-10H2. The summed E-state index contributed by atoms with van der Waals surface area (Å²) in [5.74, 6) is -0.223. The summed E-state index contributed by atoms with van der Waals surface area (Å²) in [7, 11) is 0. The molecule has 1 aliphatic heterocycles. The minimum Gasteiger partial charge on any atom is -0.361 e. The number of nitrogens with zero attached hydrogens (tertiary/aromatic N) is 1. The van der Waals surface area contributed by atoms with Crippen LogP contribution in [0.2, 0.25) is 0 Å². The average molecular weight is 294 g/mol. The van der Waals surface area contributed by atoms with Gasteiger partial charge in [-0.15, -0.1) is 0 Å². The van der Waals surface area contributed by atoms with Gasteiger partial charge in [-0.1, -0.05) is 30.4 Å². The molecule has 0 saturated carbocycles. The van der Waals surface area contributed by atoms with Crippen LogP contribution < -0.4 is 0 Å². The number of para-hydroxylation sites is 1. The maximum atomic E-state index is 12.4. The van der Waals surface area contributed by atoms with Gasteiger partial charge >= 0.3 is 0 Å². The van der Waals surface area contributed by atoms with Crippen molar-refractivity contribution in [2.45, 2.75) is 19.3 Å². The third-order valence-corrected chi connectivity index (χ3v) is 4.88. The van der Waals surface area contributed by atoms with Crippen LogP contribution in [0.4, 0.5) is 0 Å². The molecule has 2 atom stereocenters. The fraction of sp³-hybridized carbons (Fsp3) is 0.333. The van der Waals surface area contributed by atoms with Crippen LogP contribution in [0.1, 0.15) is 18.4 Å². The molecule has 112 valence electrons. The topological polar surface area (TPSA) is 53.2 Å². The summed E-state index contributed by atoms with van der Waals surface area (Å²) < 4.78 is 0. The average Bonchev–Trinajstić information content (AvgIpc) is 3.07. The maximum Gasteiger partial charge on any atom is 0.233 e. The van der Waals surface area contributed by atoms with Gasteiger partial charge in [0.05, 0.1) is 11.8 Å². The van der Waals surface area contributed by atoms with Crippen LogP contribution in [0.25, 0.3) is 10.9 Å². The van der Waals surface area contributed by atoms with E-state index in [2.05, 4.69) is 11.1 Å². The fourth-order valence-electron chi connectivity index (χ4n) is 3.66. The van der Waals surface area contributed by atoms with Gasteiger partial charge in [-0.2, -0.15) is 0 Å². The fourth-order valence-corrected chi connectivity index (χ4v) is 3.66. The highest BCUT2D eigenvalue weighted by Gasteiger charge is 2.46. The van der Waals surface area contributed by atoms with Crippen molar-refractivity contribution in [3.05, 3.63) is 48.2 Å². The number of imide groups is 1. The lowest BCUT2D eigenvalue weighted by atomic mass is 9.85. The van der Waals surface area contributed by atoms with Gasteiger partial charge < -0.3 is 4.98 Å². The minimum absolute atomic E-state index is 0.0131. The molecule has 1 fully saturated rings. The highest BCUT2D eigenvalue weighted by Crippen LogP contribution is 2.35. The molecule has 2 amide bonds. The number of allylic oxidation sites excluding steroid dienone is 2. The zero-order valence-electron chi connectivity index (χ0n) is 12.3. The molecule has 1 N–H and O–H groups in total. The van der Waals surface area contributed by atoms with Crippen molar-refractivity contribution in [3.8, 4) is 0 Å². The second kappa shape index (κ2) is 5.13. The van der Waals surface area contributed by atoms with Gasteiger partial charge in [-0.3, -0.25) is 14.5 Å². The number of nitrogens with one attached hydrogen (secondary N) is 1. The molecule has 4 rings (SSSR count). The Kier molecular flexibility index (Phi) is 3.10. The number of aromatic nitrogens is 1. The number of carbonyl (C=O) groups excluding carboxylic acids is 2. The first-order valence-electron chi connectivity index (χ1n) is 7.81. The lowest BCUT2D eigenvalue weighted by Gasteiger charge is -2.14. The van der Waals surface area contributed by atoms with Crippen molar-refractivity contribution in [1.29, 1.82) is 0 Å². The summed E-state index contributed by atoms with van der Waals surface area (Å²) >= 11 is 0. The van der Waals surface area contributed by atoms with Gasteiger partial charge in [0.2, 0.25) is 11.8 Å². The number of H-pyrrole nitrogens is 1. The zero-order valence-corrected chi connectivity index (χ0v) is 12.3. The smallest absolute Gasteiger partial charge is 0.233 e. The summed E-state index contributed by atoms with van der Waals surface area (Å²) in [4.78, 5) is 29.6. The Morgan fingerprint density at radius 1 is 1.05 bits per heavy atom. The second-order valence-corrected chi connectivity index (χ2v) is 6.09. The predicted octanol–water partition coefficient (Wildman–Crippen LogP) is 2.66. The molecule has 1 saturated heterocycles. The van der Waals surface area contributed by atoms with E-state index >= 15 is 0 Å². The van der Waals surface area contributed by atoms with E-state index < -0.39 is 0 Å². The van der Waals surface area contributed by atoms with Crippen LogP contribution in [-0.2, 0) is 16.0 Å². The highest BCUT2D eigenvalue weighted by atomic mass is 16.2. The van der Waals surface area contributed by atoms with Crippen molar-refractivity contribution in [2.24, 2.45) is 11.8 Å². The number of benzene rings is 1. The van der Waals surface area contributed by atoms with E-state index in [1.807, 2.05) is 36.5 Å². The molecule has 0 radical (unpaired) electrons. The van der Waals surface area contributed by atoms with Crippen molar-refractivity contribution in [3.63, 3.8) is 0 Å². The summed E-state index contributed by atoms with van der Waals surface area (Å²) in [5, 5.41) is 1.17. The SMILES string of the molecule is O=C1C2CC=CCC2C(=O)N1CCc1c[nH]c2ccccc12. The summed E-state index contributed by atoms with van der Waals surface area (Å²) in [6, 6.07) is 8.10. The van der Waals surface area contributed by atoms with Crippen LogP contribution in [0.5, 0.6) is 0 Å². The van der Waals surface area contributed by atoms with Crippen LogP contribution in [0, 0.1) is 11.8 Å². The monoisotopic (exact) mass is 294 g/mol. The Hall–Kier alpha value is -2.36. The van der Waals surface area contributed by atoms with Crippen molar-refractivity contribution in [1.82, 2.24) is 9.88 Å². The lowest BCUT2D eigenvalue weighted by molar-refractivity contribution is -0.139. The van der Waals surface area contributed by atoms with E-state index in [4.69, 9.17) is 0 Å². The maximum absolute atomic E-state index is 12.4. The van der Waals surface area contributed by atoms with Crippen LogP contribution in [-0.4, -0.2) is 28.2 Å². The molecule has 2 aliphatic rings. The quantitative estimate of drug-likeness (QED) is 0.699. The largest absolute Gasteiger partial charge is 0.361 e. The zero-order chi connectivity index (χ0) is 15.1. The third kappa shape index (κ3) is 1.98. The van der Waals surface area contributed by atoms with Crippen molar-refractivity contribution < 1.29 is 9.59 Å². The molecule has 22 heavy (non-hydrogen) atoms. The number of rotatable bonds is 3. The number of likely N-dealkylation sites (tertiary alicyclic amines) is 1. The van der Waals surface area contributed by atoms with E-state index in [9.17, 15) is 9.59 Å².